The van der Waals surface area contributed by atoms with Gasteiger partial charge in [-0.25, -0.2) is 0 Å². The minimum absolute atomic E-state index is 0.171. The average Bonchev–Trinajstić information content (AvgIpc) is 2.70. The van der Waals surface area contributed by atoms with E-state index in [1.54, 1.807) is 0 Å². The van der Waals surface area contributed by atoms with Crippen molar-refractivity contribution in [3.63, 3.8) is 0 Å². The molecule has 2 rings (SSSR count). The van der Waals surface area contributed by atoms with E-state index < -0.39 is 9.85 Å². The second-order valence-electron chi connectivity index (χ2n) is 5.38. The molecule has 3 unspecified atom stereocenters. The Bertz CT molecular complexity index is 546. The lowest BCUT2D eigenvalue weighted by molar-refractivity contribution is -0.393. The summed E-state index contributed by atoms with van der Waals surface area (Å²) in [5.41, 5.74) is -0.160. The van der Waals surface area contributed by atoms with Crippen LogP contribution in [0.2, 0.25) is 0 Å². The lowest BCUT2D eigenvalue weighted by Gasteiger charge is -2.20. The molecule has 20 heavy (non-hydrogen) atoms. The molecule has 0 heterocycles. The summed E-state index contributed by atoms with van der Waals surface area (Å²) in [5.74, 6) is 0.995. The summed E-state index contributed by atoms with van der Waals surface area (Å²) >= 11 is 0. The van der Waals surface area contributed by atoms with Crippen molar-refractivity contribution in [1.29, 1.82) is 0 Å². The van der Waals surface area contributed by atoms with Crippen molar-refractivity contribution in [2.45, 2.75) is 32.7 Å². The molecule has 1 N–H and O–H groups in total. The minimum Gasteiger partial charge on any atom is -0.376 e. The summed E-state index contributed by atoms with van der Waals surface area (Å²) in [6.07, 6.45) is 2.04. The van der Waals surface area contributed by atoms with E-state index in [0.29, 0.717) is 17.5 Å². The standard InChI is InChI=1S/C13H17N3O4/c1-8-3-5-11(9(8)2)14-12-6-4-10(15(17)18)7-13(12)16(19)20/h4,6-9,11,14H,3,5H2,1-2H3. The van der Waals surface area contributed by atoms with Crippen LogP contribution >= 0.6 is 0 Å². The highest BCUT2D eigenvalue weighted by Crippen LogP contribution is 2.36. The van der Waals surface area contributed by atoms with Gasteiger partial charge in [0.05, 0.1) is 15.9 Å². The molecular weight excluding hydrogens is 262 g/mol. The normalized spacial score (nSPS) is 25.4. The average molecular weight is 279 g/mol. The van der Waals surface area contributed by atoms with Crippen molar-refractivity contribution in [3.8, 4) is 0 Å². The number of nitro groups is 2. The Hall–Kier alpha value is -2.18. The SMILES string of the molecule is CC1CCC(Nc2ccc([N+](=O)[O-])cc2[N+](=O)[O-])C1C. The number of hydrogen-bond acceptors (Lipinski definition) is 5. The Balaban J connectivity index is 2.27. The summed E-state index contributed by atoms with van der Waals surface area (Å²) in [7, 11) is 0. The topological polar surface area (TPSA) is 98.3 Å². The van der Waals surface area contributed by atoms with Gasteiger partial charge in [-0.1, -0.05) is 13.8 Å². The van der Waals surface area contributed by atoms with Crippen molar-refractivity contribution >= 4 is 17.1 Å². The number of rotatable bonds is 4. The van der Waals surface area contributed by atoms with Crippen molar-refractivity contribution in [2.75, 3.05) is 5.32 Å². The van der Waals surface area contributed by atoms with E-state index in [-0.39, 0.29) is 17.4 Å². The molecule has 3 atom stereocenters. The first-order valence-electron chi connectivity index (χ1n) is 6.59. The summed E-state index contributed by atoms with van der Waals surface area (Å²) in [4.78, 5) is 20.5. The van der Waals surface area contributed by atoms with Crippen LogP contribution in [-0.4, -0.2) is 15.9 Å². The van der Waals surface area contributed by atoms with E-state index in [1.807, 2.05) is 0 Å². The third kappa shape index (κ3) is 2.71. The van der Waals surface area contributed by atoms with Gasteiger partial charge in [-0.3, -0.25) is 20.2 Å². The molecule has 0 amide bonds. The van der Waals surface area contributed by atoms with Crippen LogP contribution in [0.3, 0.4) is 0 Å². The maximum Gasteiger partial charge on any atom is 0.299 e. The lowest BCUT2D eigenvalue weighted by Crippen LogP contribution is -2.24. The zero-order valence-corrected chi connectivity index (χ0v) is 11.4. The maximum absolute atomic E-state index is 11.1. The van der Waals surface area contributed by atoms with E-state index in [2.05, 4.69) is 19.2 Å². The summed E-state index contributed by atoms with van der Waals surface area (Å²) < 4.78 is 0. The van der Waals surface area contributed by atoms with E-state index >= 15 is 0 Å². The van der Waals surface area contributed by atoms with Gasteiger partial charge in [0.1, 0.15) is 5.69 Å². The number of nitrogens with one attached hydrogen (secondary N) is 1. The van der Waals surface area contributed by atoms with Crippen LogP contribution in [-0.2, 0) is 0 Å². The zero-order chi connectivity index (χ0) is 14.9. The Morgan fingerprint density at radius 3 is 2.35 bits per heavy atom. The Kier molecular flexibility index (Phi) is 3.87. The molecule has 0 spiro atoms. The third-order valence-corrected chi connectivity index (χ3v) is 4.19. The van der Waals surface area contributed by atoms with Gasteiger partial charge in [-0.15, -0.1) is 0 Å². The van der Waals surface area contributed by atoms with Crippen LogP contribution in [0.4, 0.5) is 17.1 Å². The molecular formula is C13H17N3O4. The van der Waals surface area contributed by atoms with Crippen LogP contribution < -0.4 is 5.32 Å². The second-order valence-corrected chi connectivity index (χ2v) is 5.38. The van der Waals surface area contributed by atoms with Crippen LogP contribution in [0, 0.1) is 32.1 Å². The Morgan fingerprint density at radius 2 is 1.85 bits per heavy atom. The van der Waals surface area contributed by atoms with Gasteiger partial charge in [-0.05, 0) is 30.7 Å². The number of nitrogens with zero attached hydrogens (tertiary/aromatic N) is 2. The fourth-order valence-corrected chi connectivity index (χ4v) is 2.67. The lowest BCUT2D eigenvalue weighted by atomic mass is 9.97. The minimum atomic E-state index is -0.628. The second kappa shape index (κ2) is 5.44. The van der Waals surface area contributed by atoms with Crippen molar-refractivity contribution in [1.82, 2.24) is 0 Å². The highest BCUT2D eigenvalue weighted by Gasteiger charge is 2.31. The Labute approximate surface area is 116 Å². The number of non-ortho nitro benzene ring substituents is 1. The predicted octanol–water partition coefficient (Wildman–Crippen LogP) is 3.35. The van der Waals surface area contributed by atoms with Crippen molar-refractivity contribution < 1.29 is 9.85 Å². The number of hydrogen-bond donors (Lipinski definition) is 1. The van der Waals surface area contributed by atoms with Gasteiger partial charge in [0.2, 0.25) is 0 Å². The molecule has 0 saturated heterocycles. The molecule has 0 aliphatic heterocycles. The van der Waals surface area contributed by atoms with Gasteiger partial charge >= 0.3 is 0 Å². The highest BCUT2D eigenvalue weighted by molar-refractivity contribution is 5.65. The first-order valence-corrected chi connectivity index (χ1v) is 6.59. The molecule has 108 valence electrons. The molecule has 7 nitrogen and oxygen atoms in total. The van der Waals surface area contributed by atoms with E-state index in [4.69, 9.17) is 0 Å². The molecule has 1 aromatic rings. The molecule has 1 aromatic carbocycles. The van der Waals surface area contributed by atoms with Gasteiger partial charge in [-0.2, -0.15) is 0 Å². The van der Waals surface area contributed by atoms with Crippen LogP contribution in [0.1, 0.15) is 26.7 Å². The number of benzene rings is 1. The summed E-state index contributed by atoms with van der Waals surface area (Å²) in [6.45, 7) is 4.28. The fourth-order valence-electron chi connectivity index (χ4n) is 2.67. The first kappa shape index (κ1) is 14.2. The number of anilines is 1. The van der Waals surface area contributed by atoms with Crippen molar-refractivity contribution in [3.05, 3.63) is 38.4 Å². The van der Waals surface area contributed by atoms with E-state index in [9.17, 15) is 20.2 Å². The molecule has 7 heteroatoms. The van der Waals surface area contributed by atoms with Gasteiger partial charge in [0, 0.05) is 12.1 Å². The van der Waals surface area contributed by atoms with Gasteiger partial charge < -0.3 is 5.32 Å². The predicted molar refractivity (Wildman–Crippen MR) is 74.7 cm³/mol. The maximum atomic E-state index is 11.1. The Morgan fingerprint density at radius 1 is 1.15 bits per heavy atom. The largest absolute Gasteiger partial charge is 0.376 e. The quantitative estimate of drug-likeness (QED) is 0.673. The van der Waals surface area contributed by atoms with Crippen LogP contribution in [0.5, 0.6) is 0 Å². The van der Waals surface area contributed by atoms with Gasteiger partial charge in [0.25, 0.3) is 11.4 Å². The van der Waals surface area contributed by atoms with Crippen LogP contribution in [0.15, 0.2) is 18.2 Å². The van der Waals surface area contributed by atoms with Crippen molar-refractivity contribution in [2.24, 2.45) is 11.8 Å². The summed E-state index contributed by atoms with van der Waals surface area (Å²) in [5, 5.41) is 24.9. The summed E-state index contributed by atoms with van der Waals surface area (Å²) in [6, 6.07) is 3.89. The molecule has 0 aromatic heterocycles. The first-order chi connectivity index (χ1) is 9.40. The third-order valence-electron chi connectivity index (χ3n) is 4.19. The number of nitro benzene ring substituents is 2. The monoisotopic (exact) mass is 279 g/mol. The highest BCUT2D eigenvalue weighted by atomic mass is 16.6. The molecule has 1 saturated carbocycles. The van der Waals surface area contributed by atoms with E-state index in [0.717, 1.165) is 18.9 Å². The fraction of sp³-hybridized carbons (Fsp3) is 0.538. The van der Waals surface area contributed by atoms with Crippen LogP contribution in [0.25, 0.3) is 0 Å². The molecule has 1 aliphatic rings. The van der Waals surface area contributed by atoms with Gasteiger partial charge in [0.15, 0.2) is 0 Å². The smallest absolute Gasteiger partial charge is 0.299 e. The molecule has 1 fully saturated rings. The zero-order valence-electron chi connectivity index (χ0n) is 11.4. The molecule has 1 aliphatic carbocycles. The molecule has 0 radical (unpaired) electrons. The molecule has 0 bridgehead atoms. The van der Waals surface area contributed by atoms with E-state index in [1.165, 1.54) is 12.1 Å².